The number of halogens is 3. The molecule has 4 nitrogen and oxygen atoms in total. The summed E-state index contributed by atoms with van der Waals surface area (Å²) in [6.45, 7) is 5.50. The van der Waals surface area contributed by atoms with Crippen molar-refractivity contribution in [2.45, 2.75) is 33.6 Å². The zero-order valence-corrected chi connectivity index (χ0v) is 15.0. The van der Waals surface area contributed by atoms with E-state index in [0.29, 0.717) is 34.4 Å². The van der Waals surface area contributed by atoms with Crippen LogP contribution in [-0.2, 0) is 11.5 Å². The fourth-order valence-electron chi connectivity index (χ4n) is 2.80. The summed E-state index contributed by atoms with van der Waals surface area (Å²) in [6.07, 6.45) is -4.08. The first-order chi connectivity index (χ1) is 12.7. The number of pyridine rings is 1. The number of nitrogens with zero attached hydrogens (tertiary/aromatic N) is 1. The molecule has 0 fully saturated rings. The predicted molar refractivity (Wildman–Crippen MR) is 93.9 cm³/mol. The van der Waals surface area contributed by atoms with Gasteiger partial charge >= 0.3 is 6.36 Å². The molecule has 3 aromatic rings. The van der Waals surface area contributed by atoms with E-state index >= 15 is 0 Å². The Morgan fingerprint density at radius 3 is 2.26 bits per heavy atom. The number of hydrogen-bond donors (Lipinski definition) is 0. The number of aryl methyl sites for hydroxylation is 2. The molecule has 0 amide bonds. The first-order valence-electron chi connectivity index (χ1n) is 8.32. The second-order valence-electron chi connectivity index (χ2n) is 6.12. The minimum Gasteiger partial charge on any atom is -0.457 e. The number of alkyl halides is 3. The normalized spacial score (nSPS) is 11.6. The van der Waals surface area contributed by atoms with Gasteiger partial charge in [0.25, 0.3) is 0 Å². The molecule has 1 heterocycles. The second-order valence-corrected chi connectivity index (χ2v) is 6.12. The van der Waals surface area contributed by atoms with Crippen LogP contribution in [0.2, 0.25) is 0 Å². The highest BCUT2D eigenvalue weighted by molar-refractivity contribution is 5.88. The number of benzene rings is 2. The molecule has 0 aliphatic heterocycles. The number of aromatic nitrogens is 1. The Bertz CT molecular complexity index is 983. The van der Waals surface area contributed by atoms with E-state index in [-0.39, 0.29) is 11.5 Å². The molecule has 0 spiro atoms. The van der Waals surface area contributed by atoms with Crippen LogP contribution in [0.25, 0.3) is 10.9 Å². The van der Waals surface area contributed by atoms with Crippen molar-refractivity contribution in [3.63, 3.8) is 0 Å². The SMILES string of the molecule is CCc1nc2cc(C)c(Oc3ccc(OC(F)(F)F)cc3)cc2c([O])c1C. The summed E-state index contributed by atoms with van der Waals surface area (Å²) >= 11 is 0. The molecule has 27 heavy (non-hydrogen) atoms. The van der Waals surface area contributed by atoms with Crippen LogP contribution in [0.15, 0.2) is 36.4 Å². The van der Waals surface area contributed by atoms with Gasteiger partial charge in [-0.1, -0.05) is 6.92 Å². The van der Waals surface area contributed by atoms with Gasteiger partial charge in [0.1, 0.15) is 17.2 Å². The van der Waals surface area contributed by atoms with Crippen molar-refractivity contribution in [3.05, 3.63) is 53.2 Å². The Morgan fingerprint density at radius 1 is 1.04 bits per heavy atom. The van der Waals surface area contributed by atoms with Crippen LogP contribution in [0.5, 0.6) is 23.0 Å². The number of ether oxygens (including phenoxy) is 2. The highest BCUT2D eigenvalue weighted by atomic mass is 19.4. The van der Waals surface area contributed by atoms with Crippen molar-refractivity contribution in [2.75, 3.05) is 0 Å². The van der Waals surface area contributed by atoms with E-state index in [1.165, 1.54) is 12.1 Å². The highest BCUT2D eigenvalue weighted by Gasteiger charge is 2.31. The average molecular weight is 376 g/mol. The first kappa shape index (κ1) is 18.8. The molecular weight excluding hydrogens is 359 g/mol. The van der Waals surface area contributed by atoms with Gasteiger partial charge in [0, 0.05) is 11.3 Å². The zero-order valence-electron chi connectivity index (χ0n) is 15.0. The van der Waals surface area contributed by atoms with Crippen LogP contribution in [0, 0.1) is 13.8 Å². The first-order valence-corrected chi connectivity index (χ1v) is 8.32. The fraction of sp³-hybridized carbons (Fsp3) is 0.250. The summed E-state index contributed by atoms with van der Waals surface area (Å²) in [5, 5.41) is 13.0. The van der Waals surface area contributed by atoms with Crippen LogP contribution in [0.1, 0.15) is 23.7 Å². The maximum absolute atomic E-state index is 12.6. The van der Waals surface area contributed by atoms with E-state index in [1.807, 2.05) is 13.8 Å². The fourth-order valence-corrected chi connectivity index (χ4v) is 2.80. The molecule has 0 aliphatic rings. The lowest BCUT2D eigenvalue weighted by molar-refractivity contribution is -0.274. The van der Waals surface area contributed by atoms with Crippen LogP contribution < -0.4 is 9.47 Å². The summed E-state index contributed by atoms with van der Waals surface area (Å²) < 4.78 is 46.3. The Labute approximate surface area is 154 Å². The van der Waals surface area contributed by atoms with E-state index in [0.717, 1.165) is 23.4 Å². The van der Waals surface area contributed by atoms with Crippen LogP contribution >= 0.6 is 0 Å². The van der Waals surface area contributed by atoms with Gasteiger partial charge in [-0.25, -0.2) is 0 Å². The van der Waals surface area contributed by atoms with Gasteiger partial charge in [0.05, 0.1) is 10.9 Å². The Balaban J connectivity index is 1.93. The molecule has 0 unspecified atom stereocenters. The van der Waals surface area contributed by atoms with E-state index in [4.69, 9.17) is 4.74 Å². The molecule has 0 bridgehead atoms. The van der Waals surface area contributed by atoms with E-state index < -0.39 is 6.36 Å². The third-order valence-electron chi connectivity index (χ3n) is 4.19. The molecule has 1 aromatic heterocycles. The third kappa shape index (κ3) is 4.07. The molecule has 7 heteroatoms. The van der Waals surface area contributed by atoms with Crippen molar-refractivity contribution in [2.24, 2.45) is 0 Å². The zero-order chi connectivity index (χ0) is 19.8. The lowest BCUT2D eigenvalue weighted by Crippen LogP contribution is -2.16. The second kappa shape index (κ2) is 6.98. The Morgan fingerprint density at radius 2 is 1.67 bits per heavy atom. The Kier molecular flexibility index (Phi) is 4.87. The van der Waals surface area contributed by atoms with Crippen LogP contribution in [0.3, 0.4) is 0 Å². The third-order valence-corrected chi connectivity index (χ3v) is 4.19. The van der Waals surface area contributed by atoms with E-state index in [2.05, 4.69) is 9.72 Å². The van der Waals surface area contributed by atoms with E-state index in [9.17, 15) is 18.3 Å². The molecule has 1 radical (unpaired) electrons. The number of hydrogen-bond acceptors (Lipinski definition) is 3. The summed E-state index contributed by atoms with van der Waals surface area (Å²) in [5.41, 5.74) is 2.73. The van der Waals surface area contributed by atoms with Gasteiger partial charge < -0.3 is 9.47 Å². The van der Waals surface area contributed by atoms with Crippen molar-refractivity contribution in [1.82, 2.24) is 4.98 Å². The van der Waals surface area contributed by atoms with Crippen molar-refractivity contribution < 1.29 is 27.8 Å². The molecule has 141 valence electrons. The van der Waals surface area contributed by atoms with Crippen molar-refractivity contribution >= 4 is 10.9 Å². The average Bonchev–Trinajstić information content (AvgIpc) is 2.60. The summed E-state index contributed by atoms with van der Waals surface area (Å²) in [6, 6.07) is 8.45. The van der Waals surface area contributed by atoms with Gasteiger partial charge in [-0.05, 0) is 62.2 Å². The van der Waals surface area contributed by atoms with Gasteiger partial charge in [0.15, 0.2) is 5.75 Å². The molecule has 0 N–H and O–H groups in total. The van der Waals surface area contributed by atoms with Gasteiger partial charge in [-0.15, -0.1) is 13.2 Å². The van der Waals surface area contributed by atoms with Crippen LogP contribution in [0.4, 0.5) is 13.2 Å². The smallest absolute Gasteiger partial charge is 0.457 e. The van der Waals surface area contributed by atoms with Gasteiger partial charge in [-0.3, -0.25) is 10.1 Å². The number of fused-ring (bicyclic) bond motifs is 1. The summed E-state index contributed by atoms with van der Waals surface area (Å²) in [5.74, 6) is 0.332. The van der Waals surface area contributed by atoms with Gasteiger partial charge in [0.2, 0.25) is 0 Å². The molecule has 0 aliphatic carbocycles. The molecule has 3 rings (SSSR count). The standard InChI is InChI=1S/C20H17F3NO3/c1-4-16-12(3)19(25)15-10-18(11(2)9-17(15)24-16)26-13-5-7-14(8-6-13)27-20(21,22)23/h5-10H,4H2,1-3H3. The molecule has 2 aromatic carbocycles. The Hall–Kier alpha value is -2.96. The maximum atomic E-state index is 12.6. The molecular formula is C20H17F3NO3. The van der Waals surface area contributed by atoms with E-state index in [1.54, 1.807) is 19.1 Å². The largest absolute Gasteiger partial charge is 0.573 e. The maximum Gasteiger partial charge on any atom is 0.573 e. The topological polar surface area (TPSA) is 51.2 Å². The van der Waals surface area contributed by atoms with Crippen molar-refractivity contribution in [3.8, 4) is 23.0 Å². The van der Waals surface area contributed by atoms with Crippen molar-refractivity contribution in [1.29, 1.82) is 0 Å². The molecule has 0 saturated carbocycles. The molecule has 0 atom stereocenters. The van der Waals surface area contributed by atoms with Gasteiger partial charge in [-0.2, -0.15) is 0 Å². The molecule has 0 saturated heterocycles. The lowest BCUT2D eigenvalue weighted by atomic mass is 10.0. The minimum absolute atomic E-state index is 0.101. The summed E-state index contributed by atoms with van der Waals surface area (Å²) in [4.78, 5) is 4.53. The summed E-state index contributed by atoms with van der Waals surface area (Å²) in [7, 11) is 0. The monoisotopic (exact) mass is 376 g/mol. The predicted octanol–water partition coefficient (Wildman–Crippen LogP) is 6.25. The lowest BCUT2D eigenvalue weighted by Gasteiger charge is -2.13. The number of rotatable bonds is 4. The van der Waals surface area contributed by atoms with Crippen LogP contribution in [-0.4, -0.2) is 11.3 Å². The highest BCUT2D eigenvalue weighted by Crippen LogP contribution is 2.36. The quantitative estimate of drug-likeness (QED) is 0.541. The minimum atomic E-state index is -4.75.